The summed E-state index contributed by atoms with van der Waals surface area (Å²) in [5, 5.41) is 0. The summed E-state index contributed by atoms with van der Waals surface area (Å²) in [6.45, 7) is 2.77. The molecule has 0 amide bonds. The van der Waals surface area contributed by atoms with Crippen molar-refractivity contribution in [3.05, 3.63) is 47.8 Å². The summed E-state index contributed by atoms with van der Waals surface area (Å²) in [5.41, 5.74) is 1.46. The molecule has 0 saturated heterocycles. The maximum Gasteiger partial charge on any atom is 0.115 e. The molecule has 2 rings (SSSR count). The van der Waals surface area contributed by atoms with E-state index < -0.39 is 0 Å². The Morgan fingerprint density at radius 3 is 2.80 bits per heavy atom. The molecule has 15 heavy (non-hydrogen) atoms. The predicted octanol–water partition coefficient (Wildman–Crippen LogP) is 3.76. The smallest absolute Gasteiger partial charge is 0.115 e. The minimum absolute atomic E-state index is 0.561. The first kappa shape index (κ1) is 10.3. The molecule has 0 spiro atoms. The second-order valence-electron chi connectivity index (χ2n) is 3.92. The summed E-state index contributed by atoms with van der Waals surface area (Å²) < 4.78 is 5.46. The third-order valence-corrected chi connectivity index (χ3v) is 2.83. The van der Waals surface area contributed by atoms with Gasteiger partial charge in [-0.3, -0.25) is 0 Å². The van der Waals surface area contributed by atoms with Gasteiger partial charge in [-0.25, -0.2) is 0 Å². The number of hydrogen-bond donors (Lipinski definition) is 0. The molecule has 1 heteroatoms. The SMILES string of the molecule is CCOC1=CCC(C2=CCCC=C2)C=C1. The standard InChI is InChI=1S/C14H18O/c1-2-15-14-10-8-13(9-11-14)12-6-4-3-5-7-12/h4,6-8,10-11,13H,2-3,5,9H2,1H3. The molecule has 1 atom stereocenters. The first-order chi connectivity index (χ1) is 7.40. The topological polar surface area (TPSA) is 9.23 Å². The average molecular weight is 202 g/mol. The third-order valence-electron chi connectivity index (χ3n) is 2.83. The fraction of sp³-hybridized carbons (Fsp3) is 0.429. The van der Waals surface area contributed by atoms with Crippen molar-refractivity contribution in [2.24, 2.45) is 5.92 Å². The van der Waals surface area contributed by atoms with E-state index in [4.69, 9.17) is 4.74 Å². The van der Waals surface area contributed by atoms with Crippen molar-refractivity contribution in [2.75, 3.05) is 6.61 Å². The molecule has 0 aliphatic heterocycles. The Morgan fingerprint density at radius 2 is 2.20 bits per heavy atom. The van der Waals surface area contributed by atoms with Crippen LogP contribution in [0, 0.1) is 5.92 Å². The van der Waals surface area contributed by atoms with Gasteiger partial charge in [-0.05, 0) is 43.9 Å². The molecule has 0 aromatic heterocycles. The van der Waals surface area contributed by atoms with Crippen LogP contribution in [0.4, 0.5) is 0 Å². The van der Waals surface area contributed by atoms with Crippen molar-refractivity contribution in [1.29, 1.82) is 0 Å². The van der Waals surface area contributed by atoms with E-state index >= 15 is 0 Å². The van der Waals surface area contributed by atoms with Gasteiger partial charge in [0.15, 0.2) is 0 Å². The molecule has 0 aromatic rings. The van der Waals surface area contributed by atoms with Gasteiger partial charge in [0.25, 0.3) is 0 Å². The van der Waals surface area contributed by atoms with Gasteiger partial charge >= 0.3 is 0 Å². The largest absolute Gasteiger partial charge is 0.494 e. The summed E-state index contributed by atoms with van der Waals surface area (Å²) in [6.07, 6.45) is 16.9. The van der Waals surface area contributed by atoms with E-state index in [-0.39, 0.29) is 0 Å². The number of ether oxygens (including phenoxy) is 1. The van der Waals surface area contributed by atoms with Crippen molar-refractivity contribution in [3.63, 3.8) is 0 Å². The summed E-state index contributed by atoms with van der Waals surface area (Å²) in [5.74, 6) is 1.58. The highest BCUT2D eigenvalue weighted by Gasteiger charge is 2.13. The van der Waals surface area contributed by atoms with Gasteiger partial charge in [0.1, 0.15) is 5.76 Å². The Morgan fingerprint density at radius 1 is 1.27 bits per heavy atom. The zero-order valence-electron chi connectivity index (χ0n) is 9.28. The lowest BCUT2D eigenvalue weighted by atomic mass is 9.89. The number of allylic oxidation sites excluding steroid dienone is 7. The van der Waals surface area contributed by atoms with E-state index in [1.807, 2.05) is 6.92 Å². The van der Waals surface area contributed by atoms with Crippen LogP contribution in [0.15, 0.2) is 47.8 Å². The Balaban J connectivity index is 1.97. The van der Waals surface area contributed by atoms with E-state index in [1.165, 1.54) is 18.4 Å². The Hall–Kier alpha value is -1.24. The molecule has 0 saturated carbocycles. The third kappa shape index (κ3) is 2.62. The van der Waals surface area contributed by atoms with Crippen molar-refractivity contribution in [2.45, 2.75) is 26.2 Å². The Kier molecular flexibility index (Phi) is 3.44. The second-order valence-corrected chi connectivity index (χ2v) is 3.92. The average Bonchev–Trinajstić information content (AvgIpc) is 2.32. The fourth-order valence-electron chi connectivity index (χ4n) is 2.03. The minimum atomic E-state index is 0.561. The fourth-order valence-corrected chi connectivity index (χ4v) is 2.03. The molecule has 1 nitrogen and oxygen atoms in total. The van der Waals surface area contributed by atoms with E-state index in [1.54, 1.807) is 0 Å². The van der Waals surface area contributed by atoms with Crippen LogP contribution >= 0.6 is 0 Å². The van der Waals surface area contributed by atoms with Gasteiger partial charge < -0.3 is 4.74 Å². The molecular weight excluding hydrogens is 184 g/mol. The van der Waals surface area contributed by atoms with Gasteiger partial charge in [-0.15, -0.1) is 0 Å². The number of hydrogen-bond acceptors (Lipinski definition) is 1. The lowest BCUT2D eigenvalue weighted by Crippen LogP contribution is -2.05. The molecular formula is C14H18O. The minimum Gasteiger partial charge on any atom is -0.494 e. The Bertz CT molecular complexity index is 331. The van der Waals surface area contributed by atoms with Gasteiger partial charge in [0.2, 0.25) is 0 Å². The van der Waals surface area contributed by atoms with Crippen LogP contribution in [-0.2, 0) is 4.74 Å². The molecule has 2 aliphatic rings. The van der Waals surface area contributed by atoms with Gasteiger partial charge in [0.05, 0.1) is 6.61 Å². The molecule has 0 heterocycles. The van der Waals surface area contributed by atoms with Crippen LogP contribution in [0.3, 0.4) is 0 Å². The predicted molar refractivity (Wildman–Crippen MR) is 63.4 cm³/mol. The summed E-state index contributed by atoms with van der Waals surface area (Å²) >= 11 is 0. The molecule has 1 unspecified atom stereocenters. The first-order valence-corrected chi connectivity index (χ1v) is 5.78. The van der Waals surface area contributed by atoms with E-state index in [2.05, 4.69) is 36.5 Å². The first-order valence-electron chi connectivity index (χ1n) is 5.78. The highest BCUT2D eigenvalue weighted by atomic mass is 16.5. The molecule has 80 valence electrons. The second kappa shape index (κ2) is 5.01. The molecule has 0 fully saturated rings. The van der Waals surface area contributed by atoms with Crippen LogP contribution in [0.5, 0.6) is 0 Å². The summed E-state index contributed by atoms with van der Waals surface area (Å²) in [4.78, 5) is 0. The van der Waals surface area contributed by atoms with Gasteiger partial charge in [-0.2, -0.15) is 0 Å². The summed E-state index contributed by atoms with van der Waals surface area (Å²) in [6, 6.07) is 0. The van der Waals surface area contributed by atoms with Crippen LogP contribution < -0.4 is 0 Å². The maximum absolute atomic E-state index is 5.46. The monoisotopic (exact) mass is 202 g/mol. The van der Waals surface area contributed by atoms with E-state index in [0.29, 0.717) is 5.92 Å². The van der Waals surface area contributed by atoms with Crippen molar-refractivity contribution in [1.82, 2.24) is 0 Å². The van der Waals surface area contributed by atoms with Crippen molar-refractivity contribution in [3.8, 4) is 0 Å². The van der Waals surface area contributed by atoms with Crippen LogP contribution in [0.25, 0.3) is 0 Å². The normalized spacial score (nSPS) is 24.7. The van der Waals surface area contributed by atoms with E-state index in [0.717, 1.165) is 18.8 Å². The summed E-state index contributed by atoms with van der Waals surface area (Å²) in [7, 11) is 0. The van der Waals surface area contributed by atoms with Crippen LogP contribution in [0.1, 0.15) is 26.2 Å². The van der Waals surface area contributed by atoms with Gasteiger partial charge in [0, 0.05) is 5.92 Å². The molecule has 0 aromatic carbocycles. The highest BCUT2D eigenvalue weighted by Crippen LogP contribution is 2.27. The highest BCUT2D eigenvalue weighted by molar-refractivity contribution is 5.32. The van der Waals surface area contributed by atoms with Crippen LogP contribution in [0.2, 0.25) is 0 Å². The van der Waals surface area contributed by atoms with Crippen molar-refractivity contribution >= 4 is 0 Å². The zero-order chi connectivity index (χ0) is 10.5. The lowest BCUT2D eigenvalue weighted by Gasteiger charge is -2.19. The number of rotatable bonds is 3. The van der Waals surface area contributed by atoms with E-state index in [9.17, 15) is 0 Å². The molecule has 0 bridgehead atoms. The lowest BCUT2D eigenvalue weighted by molar-refractivity contribution is 0.239. The zero-order valence-corrected chi connectivity index (χ0v) is 9.28. The van der Waals surface area contributed by atoms with Gasteiger partial charge in [-0.1, -0.05) is 24.3 Å². The quantitative estimate of drug-likeness (QED) is 0.677. The molecule has 2 aliphatic carbocycles. The maximum atomic E-state index is 5.46. The van der Waals surface area contributed by atoms with Crippen LogP contribution in [-0.4, -0.2) is 6.61 Å². The molecule has 0 N–H and O–H groups in total. The van der Waals surface area contributed by atoms with Crippen molar-refractivity contribution < 1.29 is 4.74 Å². The molecule has 0 radical (unpaired) electrons. The Labute approximate surface area is 91.8 Å².